The molecule has 1 heterocycles. The monoisotopic (exact) mass is 259 g/mol. The van der Waals surface area contributed by atoms with Gasteiger partial charge in [-0.15, -0.1) is 0 Å². The first-order valence-corrected chi connectivity index (χ1v) is 6.23. The van der Waals surface area contributed by atoms with Crippen molar-refractivity contribution in [2.24, 2.45) is 0 Å². The van der Waals surface area contributed by atoms with Gasteiger partial charge >= 0.3 is 6.18 Å². The van der Waals surface area contributed by atoms with E-state index in [1.807, 2.05) is 0 Å². The summed E-state index contributed by atoms with van der Waals surface area (Å²) < 4.78 is 60.4. The molecule has 0 saturated carbocycles. The lowest BCUT2D eigenvalue weighted by Gasteiger charge is -2.26. The van der Waals surface area contributed by atoms with Crippen LogP contribution in [0.3, 0.4) is 0 Å². The molecular formula is C8H12F3NO3S. The van der Waals surface area contributed by atoms with Gasteiger partial charge in [0, 0.05) is 18.7 Å². The van der Waals surface area contributed by atoms with Crippen molar-refractivity contribution in [2.75, 3.05) is 25.4 Å². The zero-order valence-electron chi connectivity index (χ0n) is 8.37. The number of sulfonamides is 1. The Morgan fingerprint density at radius 3 is 2.44 bits per heavy atom. The molecular weight excluding hydrogens is 247 g/mol. The highest BCUT2D eigenvalue weighted by Gasteiger charge is 2.36. The van der Waals surface area contributed by atoms with Crippen molar-refractivity contribution in [1.29, 1.82) is 0 Å². The van der Waals surface area contributed by atoms with Gasteiger partial charge in [-0.25, -0.2) is 8.42 Å². The van der Waals surface area contributed by atoms with Gasteiger partial charge in [-0.1, -0.05) is 6.08 Å². The second-order valence-corrected chi connectivity index (χ2v) is 5.46. The summed E-state index contributed by atoms with van der Waals surface area (Å²) >= 11 is 0. The van der Waals surface area contributed by atoms with Gasteiger partial charge in [0.05, 0.1) is 12.4 Å². The van der Waals surface area contributed by atoms with Gasteiger partial charge in [0.25, 0.3) is 0 Å². The van der Waals surface area contributed by atoms with E-state index in [0.29, 0.717) is 0 Å². The maximum atomic E-state index is 12.2. The number of rotatable bonds is 3. The van der Waals surface area contributed by atoms with Gasteiger partial charge < -0.3 is 5.11 Å². The van der Waals surface area contributed by atoms with E-state index >= 15 is 0 Å². The SMILES string of the molecule is O=S(=O)(CCO)N1CC=C(C(F)(F)F)CC1. The zero-order chi connectivity index (χ0) is 12.4. The molecule has 0 aromatic rings. The van der Waals surface area contributed by atoms with Crippen LogP contribution in [-0.2, 0) is 10.0 Å². The minimum absolute atomic E-state index is 0.187. The lowest BCUT2D eigenvalue weighted by Crippen LogP contribution is -2.38. The molecule has 1 aliphatic rings. The van der Waals surface area contributed by atoms with Crippen molar-refractivity contribution in [2.45, 2.75) is 12.6 Å². The summed E-state index contributed by atoms with van der Waals surface area (Å²) in [5.41, 5.74) is -0.692. The molecule has 0 aliphatic carbocycles. The molecule has 94 valence electrons. The highest BCUT2D eigenvalue weighted by molar-refractivity contribution is 7.89. The fourth-order valence-electron chi connectivity index (χ4n) is 1.41. The Kier molecular flexibility index (Phi) is 3.97. The van der Waals surface area contributed by atoms with Crippen molar-refractivity contribution < 1.29 is 26.7 Å². The third kappa shape index (κ3) is 3.19. The molecule has 4 nitrogen and oxygen atoms in total. The Balaban J connectivity index is 2.72. The van der Waals surface area contributed by atoms with Crippen LogP contribution in [0.2, 0.25) is 0 Å². The minimum Gasteiger partial charge on any atom is -0.395 e. The van der Waals surface area contributed by atoms with Gasteiger partial charge in [0.1, 0.15) is 0 Å². The molecule has 0 amide bonds. The van der Waals surface area contributed by atoms with Crippen molar-refractivity contribution >= 4 is 10.0 Å². The summed E-state index contributed by atoms with van der Waals surface area (Å²) in [6.07, 6.45) is -3.85. The first-order valence-electron chi connectivity index (χ1n) is 4.62. The van der Waals surface area contributed by atoms with Crippen LogP contribution in [0.5, 0.6) is 0 Å². The Bertz CT molecular complexity index is 374. The van der Waals surface area contributed by atoms with Gasteiger partial charge in [-0.05, 0) is 6.42 Å². The molecule has 0 aromatic carbocycles. The van der Waals surface area contributed by atoms with E-state index in [4.69, 9.17) is 5.11 Å². The van der Waals surface area contributed by atoms with Crippen LogP contribution < -0.4 is 0 Å². The largest absolute Gasteiger partial charge is 0.412 e. The molecule has 0 aromatic heterocycles. The molecule has 8 heteroatoms. The van der Waals surface area contributed by atoms with Crippen LogP contribution in [0.15, 0.2) is 11.6 Å². The van der Waals surface area contributed by atoms with Crippen molar-refractivity contribution in [3.8, 4) is 0 Å². The van der Waals surface area contributed by atoms with Crippen LogP contribution in [0, 0.1) is 0 Å². The van der Waals surface area contributed by atoms with Crippen LogP contribution in [0.25, 0.3) is 0 Å². The third-order valence-electron chi connectivity index (χ3n) is 2.28. The van der Waals surface area contributed by atoms with Crippen molar-refractivity contribution in [1.82, 2.24) is 4.31 Å². The molecule has 16 heavy (non-hydrogen) atoms. The Morgan fingerprint density at radius 1 is 1.44 bits per heavy atom. The standard InChI is InChI=1S/C8H12F3NO3S/c9-8(10,11)7-1-3-12(4-2-7)16(14,15)6-5-13/h1,13H,2-6H2. The smallest absolute Gasteiger partial charge is 0.395 e. The molecule has 0 unspecified atom stereocenters. The van der Waals surface area contributed by atoms with Gasteiger partial charge in [-0.2, -0.15) is 17.5 Å². The second kappa shape index (κ2) is 4.72. The summed E-state index contributed by atoms with van der Waals surface area (Å²) in [6.45, 7) is -1.00. The molecule has 1 rings (SSSR count). The van der Waals surface area contributed by atoms with Crippen molar-refractivity contribution in [3.63, 3.8) is 0 Å². The Hall–Kier alpha value is -0.600. The Morgan fingerprint density at radius 2 is 2.06 bits per heavy atom. The van der Waals surface area contributed by atoms with Crippen LogP contribution in [0.4, 0.5) is 13.2 Å². The topological polar surface area (TPSA) is 57.6 Å². The van der Waals surface area contributed by atoms with E-state index in [2.05, 4.69) is 0 Å². The summed E-state index contributed by atoms with van der Waals surface area (Å²) in [5, 5.41) is 8.51. The highest BCUT2D eigenvalue weighted by atomic mass is 32.2. The van der Waals surface area contributed by atoms with Gasteiger partial charge in [-0.3, -0.25) is 0 Å². The number of hydrogen-bond donors (Lipinski definition) is 1. The van der Waals surface area contributed by atoms with E-state index < -0.39 is 34.1 Å². The van der Waals surface area contributed by atoms with Gasteiger partial charge in [0.15, 0.2) is 0 Å². The molecule has 0 radical (unpaired) electrons. The van der Waals surface area contributed by atoms with E-state index in [1.54, 1.807) is 0 Å². The third-order valence-corrected chi connectivity index (χ3v) is 4.10. The quantitative estimate of drug-likeness (QED) is 0.751. The van der Waals surface area contributed by atoms with E-state index in [1.165, 1.54) is 0 Å². The van der Waals surface area contributed by atoms with Crippen LogP contribution in [0.1, 0.15) is 6.42 Å². The maximum absolute atomic E-state index is 12.2. The number of aliphatic hydroxyl groups is 1. The number of hydrogen-bond acceptors (Lipinski definition) is 3. The normalized spacial score (nSPS) is 19.6. The number of aliphatic hydroxyl groups excluding tert-OH is 1. The lowest BCUT2D eigenvalue weighted by molar-refractivity contribution is -0.0953. The molecule has 0 saturated heterocycles. The number of halogens is 3. The predicted molar refractivity (Wildman–Crippen MR) is 51.2 cm³/mol. The average molecular weight is 259 g/mol. The Labute approximate surface area is 91.4 Å². The fourth-order valence-corrected chi connectivity index (χ4v) is 2.57. The average Bonchev–Trinajstić information content (AvgIpc) is 2.16. The molecule has 0 fully saturated rings. The molecule has 0 bridgehead atoms. The molecule has 1 N–H and O–H groups in total. The first-order chi connectivity index (χ1) is 7.27. The summed E-state index contributed by atoms with van der Waals surface area (Å²) in [5.74, 6) is -0.456. The second-order valence-electron chi connectivity index (χ2n) is 3.37. The van der Waals surface area contributed by atoms with Gasteiger partial charge in [0.2, 0.25) is 10.0 Å². The van der Waals surface area contributed by atoms with E-state index in [0.717, 1.165) is 10.4 Å². The summed E-state index contributed by atoms with van der Waals surface area (Å²) in [4.78, 5) is 0. The first kappa shape index (κ1) is 13.5. The zero-order valence-corrected chi connectivity index (χ0v) is 9.18. The number of nitrogens with zero attached hydrogens (tertiary/aromatic N) is 1. The van der Waals surface area contributed by atoms with Crippen molar-refractivity contribution in [3.05, 3.63) is 11.6 Å². The van der Waals surface area contributed by atoms with E-state index in [-0.39, 0.29) is 19.5 Å². The predicted octanol–water partition coefficient (Wildman–Crippen LogP) is 0.503. The summed E-state index contributed by atoms with van der Waals surface area (Å²) in [7, 11) is -3.63. The lowest BCUT2D eigenvalue weighted by atomic mass is 10.1. The fraction of sp³-hybridized carbons (Fsp3) is 0.750. The van der Waals surface area contributed by atoms with E-state index in [9.17, 15) is 21.6 Å². The molecule has 1 aliphatic heterocycles. The maximum Gasteiger partial charge on any atom is 0.412 e. The highest BCUT2D eigenvalue weighted by Crippen LogP contribution is 2.30. The van der Waals surface area contributed by atoms with Crippen LogP contribution in [-0.4, -0.2) is 49.5 Å². The summed E-state index contributed by atoms with van der Waals surface area (Å²) in [6, 6.07) is 0. The number of alkyl halides is 3. The minimum atomic E-state index is -4.38. The molecule has 0 spiro atoms. The van der Waals surface area contributed by atoms with Crippen LogP contribution >= 0.6 is 0 Å². The molecule has 0 atom stereocenters.